The second-order valence-electron chi connectivity index (χ2n) is 3.05. The SMILES string of the molecule is C=CC(N)=O.C=CC([NH-])=O.NCCC[C@H](N)C(=O)O.[Na+]. The van der Waals surface area contributed by atoms with Crippen LogP contribution in [0.25, 0.3) is 5.73 Å². The first-order valence-corrected chi connectivity index (χ1v) is 5.21. The average molecular weight is 296 g/mol. The number of carbonyl (C=O) groups excluding carboxylic acids is 2. The first-order chi connectivity index (χ1) is 8.72. The third-order valence-corrected chi connectivity index (χ3v) is 1.42. The zero-order chi connectivity index (χ0) is 15.8. The molecule has 0 aromatic heterocycles. The van der Waals surface area contributed by atoms with Crippen molar-refractivity contribution in [3.8, 4) is 0 Å². The number of nitrogens with two attached hydrogens (primary N) is 3. The van der Waals surface area contributed by atoms with Crippen molar-refractivity contribution >= 4 is 17.8 Å². The second kappa shape index (κ2) is 20.1. The van der Waals surface area contributed by atoms with Gasteiger partial charge in [0.15, 0.2) is 0 Å². The summed E-state index contributed by atoms with van der Waals surface area (Å²) in [5, 5.41) is 8.24. The van der Waals surface area contributed by atoms with Crippen LogP contribution >= 0.6 is 0 Å². The van der Waals surface area contributed by atoms with Crippen LogP contribution in [0.5, 0.6) is 0 Å². The van der Waals surface area contributed by atoms with E-state index in [-0.39, 0.29) is 29.6 Å². The van der Waals surface area contributed by atoms with Gasteiger partial charge in [-0.2, -0.15) is 0 Å². The number of nitrogens with one attached hydrogen (secondary N) is 1. The van der Waals surface area contributed by atoms with Crippen molar-refractivity contribution in [1.82, 2.24) is 0 Å². The molecule has 1 atom stereocenters. The first-order valence-electron chi connectivity index (χ1n) is 5.21. The monoisotopic (exact) mass is 296 g/mol. The predicted molar refractivity (Wildman–Crippen MR) is 72.8 cm³/mol. The number of rotatable bonds is 6. The van der Waals surface area contributed by atoms with Gasteiger partial charge in [-0.3, -0.25) is 9.59 Å². The average Bonchev–Trinajstić information content (AvgIpc) is 2.36. The van der Waals surface area contributed by atoms with E-state index >= 15 is 0 Å². The van der Waals surface area contributed by atoms with Crippen molar-refractivity contribution in [2.75, 3.05) is 6.54 Å². The molecule has 0 unspecified atom stereocenters. The van der Waals surface area contributed by atoms with Gasteiger partial charge in [-0.05, 0) is 31.5 Å². The van der Waals surface area contributed by atoms with E-state index in [0.29, 0.717) is 19.4 Å². The number of carbonyl (C=O) groups is 3. The van der Waals surface area contributed by atoms with E-state index in [0.717, 1.165) is 12.2 Å². The fourth-order valence-electron chi connectivity index (χ4n) is 0.461. The summed E-state index contributed by atoms with van der Waals surface area (Å²) in [5.74, 6) is -2.17. The molecule has 0 bridgehead atoms. The maximum atomic E-state index is 10.0. The van der Waals surface area contributed by atoms with Gasteiger partial charge in [-0.25, -0.2) is 0 Å². The third-order valence-electron chi connectivity index (χ3n) is 1.42. The Hall–Kier alpha value is -1.19. The van der Waals surface area contributed by atoms with E-state index in [1.807, 2.05) is 0 Å². The Morgan fingerprint density at radius 2 is 1.60 bits per heavy atom. The van der Waals surface area contributed by atoms with Gasteiger partial charge in [0.1, 0.15) is 6.04 Å². The van der Waals surface area contributed by atoms with Crippen LogP contribution < -0.4 is 46.8 Å². The minimum Gasteiger partial charge on any atom is -0.664 e. The molecule has 0 aliphatic carbocycles. The number of primary amides is 1. The molecule has 0 saturated heterocycles. The molecular formula is C11H21N4NaO4. The van der Waals surface area contributed by atoms with Gasteiger partial charge in [-0.1, -0.05) is 13.2 Å². The normalized spacial score (nSPS) is 9.10. The van der Waals surface area contributed by atoms with Crippen LogP contribution in [0, 0.1) is 0 Å². The molecule has 0 radical (unpaired) electrons. The van der Waals surface area contributed by atoms with Gasteiger partial charge < -0.3 is 32.8 Å². The Morgan fingerprint density at radius 3 is 1.75 bits per heavy atom. The molecule has 0 fully saturated rings. The largest absolute Gasteiger partial charge is 1.00 e. The molecule has 8 nitrogen and oxygen atoms in total. The summed E-state index contributed by atoms with van der Waals surface area (Å²) in [6, 6.07) is -0.742. The van der Waals surface area contributed by atoms with Gasteiger partial charge in [-0.15, -0.1) is 0 Å². The number of hydrogen-bond donors (Lipinski definition) is 4. The molecule has 0 aromatic rings. The molecule has 110 valence electrons. The summed E-state index contributed by atoms with van der Waals surface area (Å²) in [6.45, 7) is 6.61. The van der Waals surface area contributed by atoms with E-state index in [1.165, 1.54) is 0 Å². The number of carboxylic acid groups (broad SMARTS) is 1. The molecule has 20 heavy (non-hydrogen) atoms. The molecule has 0 aromatic carbocycles. The molecule has 2 amide bonds. The Balaban J connectivity index is -0.000000101. The molecule has 0 aliphatic rings. The Bertz CT molecular complexity index is 293. The van der Waals surface area contributed by atoms with Crippen molar-refractivity contribution in [2.24, 2.45) is 17.2 Å². The summed E-state index contributed by atoms with van der Waals surface area (Å²) in [5.41, 5.74) is 20.9. The smallest absolute Gasteiger partial charge is 0.664 e. The topological polar surface area (TPSA) is 173 Å². The zero-order valence-corrected chi connectivity index (χ0v) is 13.7. The molecule has 8 N–H and O–H groups in total. The standard InChI is InChI=1S/C5H12N2O2.2C3H5NO.Na/c6-3-1-2-4(7)5(8)9;2*1-2-3(4)5;/h4H,1-3,6-7H2,(H,8,9);2*2H,1H2,(H2,4,5);/q;;;+1/p-1/t4-;;;/m0.../s1. The minimum atomic E-state index is -0.955. The fraction of sp³-hybridized carbons (Fsp3) is 0.364. The van der Waals surface area contributed by atoms with Crippen molar-refractivity contribution in [2.45, 2.75) is 18.9 Å². The van der Waals surface area contributed by atoms with Crippen LogP contribution in [-0.4, -0.2) is 35.5 Å². The Labute approximate surface area is 140 Å². The van der Waals surface area contributed by atoms with E-state index in [1.54, 1.807) is 0 Å². The maximum absolute atomic E-state index is 10.0. The summed E-state index contributed by atoms with van der Waals surface area (Å²) in [7, 11) is 0. The summed E-state index contributed by atoms with van der Waals surface area (Å²) < 4.78 is 0. The predicted octanol–water partition coefficient (Wildman–Crippen LogP) is -3.45. The maximum Gasteiger partial charge on any atom is 1.00 e. The van der Waals surface area contributed by atoms with Gasteiger partial charge in [0.25, 0.3) is 0 Å². The van der Waals surface area contributed by atoms with Crippen LogP contribution in [0.1, 0.15) is 12.8 Å². The molecule has 9 heteroatoms. The third kappa shape index (κ3) is 36.0. The Kier molecular flexibility index (Phi) is 27.4. The van der Waals surface area contributed by atoms with Crippen molar-refractivity contribution in [3.63, 3.8) is 0 Å². The minimum absolute atomic E-state index is 0. The van der Waals surface area contributed by atoms with Gasteiger partial charge >= 0.3 is 35.5 Å². The van der Waals surface area contributed by atoms with E-state index in [2.05, 4.69) is 18.9 Å². The first kappa shape index (κ1) is 27.2. The number of carboxylic acids is 1. The van der Waals surface area contributed by atoms with E-state index in [9.17, 15) is 14.4 Å². The van der Waals surface area contributed by atoms with Crippen molar-refractivity contribution in [1.29, 1.82) is 0 Å². The molecule has 0 spiro atoms. The van der Waals surface area contributed by atoms with Crippen LogP contribution in [0.15, 0.2) is 25.3 Å². The van der Waals surface area contributed by atoms with E-state index in [4.69, 9.17) is 22.3 Å². The molecule has 0 aliphatic heterocycles. The van der Waals surface area contributed by atoms with Crippen molar-refractivity contribution in [3.05, 3.63) is 31.0 Å². The van der Waals surface area contributed by atoms with E-state index < -0.39 is 23.8 Å². The Morgan fingerprint density at radius 1 is 1.25 bits per heavy atom. The van der Waals surface area contributed by atoms with Gasteiger partial charge in [0, 0.05) is 0 Å². The van der Waals surface area contributed by atoms with Crippen LogP contribution in [-0.2, 0) is 14.4 Å². The summed E-state index contributed by atoms with van der Waals surface area (Å²) in [6.07, 6.45) is 3.14. The molecule has 0 rings (SSSR count). The van der Waals surface area contributed by atoms with Crippen molar-refractivity contribution < 1.29 is 49.0 Å². The molecule has 0 heterocycles. The van der Waals surface area contributed by atoms with Crippen LogP contribution in [0.2, 0.25) is 0 Å². The number of hydrogen-bond acceptors (Lipinski definition) is 5. The molecule has 0 saturated carbocycles. The quantitative estimate of drug-likeness (QED) is 0.293. The van der Waals surface area contributed by atoms with Gasteiger partial charge in [0.2, 0.25) is 5.91 Å². The second-order valence-corrected chi connectivity index (χ2v) is 3.05. The molecular weight excluding hydrogens is 275 g/mol. The number of amides is 2. The zero-order valence-electron chi connectivity index (χ0n) is 11.7. The summed E-state index contributed by atoms with van der Waals surface area (Å²) in [4.78, 5) is 28.9. The van der Waals surface area contributed by atoms with Gasteiger partial charge in [0.05, 0.1) is 5.91 Å². The van der Waals surface area contributed by atoms with Crippen LogP contribution in [0.4, 0.5) is 0 Å². The number of aliphatic carboxylic acids is 1. The summed E-state index contributed by atoms with van der Waals surface area (Å²) >= 11 is 0. The van der Waals surface area contributed by atoms with Crippen LogP contribution in [0.3, 0.4) is 0 Å². The fourth-order valence-corrected chi connectivity index (χ4v) is 0.461.